The summed E-state index contributed by atoms with van der Waals surface area (Å²) in [6, 6.07) is 0. The van der Waals surface area contributed by atoms with Crippen molar-refractivity contribution in [2.24, 2.45) is 0 Å². The predicted octanol–water partition coefficient (Wildman–Crippen LogP) is 0.356. The molecule has 2 rings (SSSR count). The molecule has 1 fully saturated rings. The van der Waals surface area contributed by atoms with Crippen molar-refractivity contribution < 1.29 is 14.7 Å². The number of carbonyl (C=O) groups excluding carboxylic acids is 2. The van der Waals surface area contributed by atoms with Gasteiger partial charge in [-0.1, -0.05) is 0 Å². The van der Waals surface area contributed by atoms with Gasteiger partial charge in [0.05, 0.1) is 12.1 Å². The van der Waals surface area contributed by atoms with Crippen molar-refractivity contribution >= 4 is 28.3 Å². The molecule has 0 spiro atoms. The Morgan fingerprint density at radius 3 is 2.82 bits per heavy atom. The molecule has 1 heterocycles. The average Bonchev–Trinajstić information content (AvgIpc) is 2.88. The number of hydrogen-bond acceptors (Lipinski definition) is 5. The van der Waals surface area contributed by atoms with Crippen LogP contribution in [0.25, 0.3) is 0 Å². The average molecular weight is 255 g/mol. The van der Waals surface area contributed by atoms with Crippen molar-refractivity contribution in [3.63, 3.8) is 0 Å². The SMILES string of the molecule is CC(=O)Nc1nc(C(=O)NC2(CO)CC2)cs1. The molecule has 0 bridgehead atoms. The van der Waals surface area contributed by atoms with Crippen molar-refractivity contribution in [3.05, 3.63) is 11.1 Å². The summed E-state index contributed by atoms with van der Waals surface area (Å²) in [5, 5.41) is 16.3. The van der Waals surface area contributed by atoms with Crippen LogP contribution < -0.4 is 10.6 Å². The number of anilines is 1. The highest BCUT2D eigenvalue weighted by molar-refractivity contribution is 7.14. The Labute approximate surface area is 102 Å². The van der Waals surface area contributed by atoms with Crippen LogP contribution in [0.4, 0.5) is 5.13 Å². The van der Waals surface area contributed by atoms with Gasteiger partial charge < -0.3 is 15.7 Å². The molecule has 1 aliphatic carbocycles. The molecule has 0 unspecified atom stereocenters. The summed E-state index contributed by atoms with van der Waals surface area (Å²) in [6.07, 6.45) is 1.58. The number of carbonyl (C=O) groups is 2. The van der Waals surface area contributed by atoms with E-state index in [1.54, 1.807) is 5.38 Å². The van der Waals surface area contributed by atoms with Gasteiger partial charge in [-0.15, -0.1) is 11.3 Å². The van der Waals surface area contributed by atoms with Crippen LogP contribution in [0.3, 0.4) is 0 Å². The second-order valence-corrected chi connectivity index (χ2v) is 4.97. The zero-order chi connectivity index (χ0) is 12.5. The van der Waals surface area contributed by atoms with E-state index in [4.69, 9.17) is 5.11 Å². The van der Waals surface area contributed by atoms with Crippen molar-refractivity contribution in [1.82, 2.24) is 10.3 Å². The van der Waals surface area contributed by atoms with Crippen LogP contribution in [0.2, 0.25) is 0 Å². The molecule has 0 aliphatic heterocycles. The second-order valence-electron chi connectivity index (χ2n) is 4.11. The Kier molecular flexibility index (Phi) is 3.12. The summed E-state index contributed by atoms with van der Waals surface area (Å²) in [4.78, 5) is 26.6. The smallest absolute Gasteiger partial charge is 0.271 e. The number of thiazole rings is 1. The molecule has 1 saturated carbocycles. The highest BCUT2D eigenvalue weighted by Gasteiger charge is 2.43. The summed E-state index contributed by atoms with van der Waals surface area (Å²) >= 11 is 1.19. The molecule has 92 valence electrons. The van der Waals surface area contributed by atoms with E-state index in [9.17, 15) is 9.59 Å². The van der Waals surface area contributed by atoms with E-state index >= 15 is 0 Å². The maximum absolute atomic E-state index is 11.8. The van der Waals surface area contributed by atoms with Crippen LogP contribution in [0, 0.1) is 0 Å². The Bertz CT molecular complexity index is 453. The summed E-state index contributed by atoms with van der Waals surface area (Å²) < 4.78 is 0. The first-order valence-corrected chi connectivity index (χ1v) is 6.09. The third-order valence-electron chi connectivity index (χ3n) is 2.55. The summed E-state index contributed by atoms with van der Waals surface area (Å²) in [6.45, 7) is 1.33. The number of aliphatic hydroxyl groups excluding tert-OH is 1. The minimum atomic E-state index is -0.450. The summed E-state index contributed by atoms with van der Waals surface area (Å²) in [7, 11) is 0. The monoisotopic (exact) mass is 255 g/mol. The van der Waals surface area contributed by atoms with Crippen molar-refractivity contribution in [1.29, 1.82) is 0 Å². The van der Waals surface area contributed by atoms with E-state index in [2.05, 4.69) is 15.6 Å². The normalized spacial score (nSPS) is 16.4. The van der Waals surface area contributed by atoms with Crippen LogP contribution in [-0.2, 0) is 4.79 Å². The number of aliphatic hydroxyl groups is 1. The first kappa shape index (κ1) is 12.0. The molecule has 0 aromatic carbocycles. The van der Waals surface area contributed by atoms with E-state index in [0.717, 1.165) is 12.8 Å². The lowest BCUT2D eigenvalue weighted by molar-refractivity contribution is -0.114. The van der Waals surface area contributed by atoms with Crippen molar-refractivity contribution in [2.75, 3.05) is 11.9 Å². The number of aromatic nitrogens is 1. The molecule has 1 aromatic heterocycles. The van der Waals surface area contributed by atoms with E-state index in [-0.39, 0.29) is 24.1 Å². The number of nitrogens with zero attached hydrogens (tertiary/aromatic N) is 1. The highest BCUT2D eigenvalue weighted by Crippen LogP contribution is 2.34. The topological polar surface area (TPSA) is 91.3 Å². The van der Waals surface area contributed by atoms with Gasteiger partial charge in [-0.3, -0.25) is 9.59 Å². The molecule has 0 atom stereocenters. The van der Waals surface area contributed by atoms with Crippen molar-refractivity contribution in [3.8, 4) is 0 Å². The fraction of sp³-hybridized carbons (Fsp3) is 0.500. The summed E-state index contributed by atoms with van der Waals surface area (Å²) in [5.74, 6) is -0.537. The van der Waals surface area contributed by atoms with Crippen LogP contribution in [0.5, 0.6) is 0 Å². The molecule has 1 aliphatic rings. The first-order chi connectivity index (χ1) is 8.04. The Balaban J connectivity index is 1.99. The maximum Gasteiger partial charge on any atom is 0.271 e. The van der Waals surface area contributed by atoms with Crippen LogP contribution in [0.1, 0.15) is 30.3 Å². The Hall–Kier alpha value is -1.47. The van der Waals surface area contributed by atoms with Gasteiger partial charge in [0.1, 0.15) is 5.69 Å². The lowest BCUT2D eigenvalue weighted by atomic mass is 10.3. The first-order valence-electron chi connectivity index (χ1n) is 5.21. The van der Waals surface area contributed by atoms with Gasteiger partial charge in [0.2, 0.25) is 5.91 Å². The van der Waals surface area contributed by atoms with Gasteiger partial charge in [-0.05, 0) is 12.8 Å². The molecular weight excluding hydrogens is 242 g/mol. The standard InChI is InChI=1S/C10H13N3O3S/c1-6(15)11-9-12-7(4-17-9)8(16)13-10(5-14)2-3-10/h4,14H,2-3,5H2,1H3,(H,13,16)(H,11,12,15). The molecule has 1 aromatic rings. The third kappa shape index (κ3) is 2.80. The fourth-order valence-electron chi connectivity index (χ4n) is 1.36. The zero-order valence-electron chi connectivity index (χ0n) is 9.32. The van der Waals surface area contributed by atoms with Crippen LogP contribution in [0.15, 0.2) is 5.38 Å². The fourth-order valence-corrected chi connectivity index (χ4v) is 2.10. The van der Waals surface area contributed by atoms with E-state index in [1.165, 1.54) is 18.3 Å². The number of nitrogens with one attached hydrogen (secondary N) is 2. The molecule has 0 radical (unpaired) electrons. The van der Waals surface area contributed by atoms with Gasteiger partial charge in [-0.2, -0.15) is 0 Å². The van der Waals surface area contributed by atoms with Gasteiger partial charge in [0, 0.05) is 12.3 Å². The lowest BCUT2D eigenvalue weighted by Crippen LogP contribution is -2.39. The quantitative estimate of drug-likeness (QED) is 0.724. The Morgan fingerprint density at radius 1 is 1.59 bits per heavy atom. The minimum absolute atomic E-state index is 0.0541. The maximum atomic E-state index is 11.8. The number of amides is 2. The number of rotatable bonds is 4. The van der Waals surface area contributed by atoms with Crippen LogP contribution >= 0.6 is 11.3 Å². The molecule has 17 heavy (non-hydrogen) atoms. The lowest BCUT2D eigenvalue weighted by Gasteiger charge is -2.12. The second kappa shape index (κ2) is 4.42. The molecule has 2 amide bonds. The molecule has 0 saturated heterocycles. The molecule has 6 nitrogen and oxygen atoms in total. The van der Waals surface area contributed by atoms with E-state index in [0.29, 0.717) is 5.13 Å². The highest BCUT2D eigenvalue weighted by atomic mass is 32.1. The minimum Gasteiger partial charge on any atom is -0.394 e. The van der Waals surface area contributed by atoms with Crippen molar-refractivity contribution in [2.45, 2.75) is 25.3 Å². The molecule has 7 heteroatoms. The molecular formula is C10H13N3O3S. The number of hydrogen-bond donors (Lipinski definition) is 3. The van der Waals surface area contributed by atoms with Gasteiger partial charge in [0.25, 0.3) is 5.91 Å². The predicted molar refractivity (Wildman–Crippen MR) is 62.9 cm³/mol. The van der Waals surface area contributed by atoms with E-state index in [1.807, 2.05) is 0 Å². The largest absolute Gasteiger partial charge is 0.394 e. The van der Waals surface area contributed by atoms with Gasteiger partial charge in [-0.25, -0.2) is 4.98 Å². The zero-order valence-corrected chi connectivity index (χ0v) is 10.1. The van der Waals surface area contributed by atoms with Gasteiger partial charge in [0.15, 0.2) is 5.13 Å². The van der Waals surface area contributed by atoms with E-state index < -0.39 is 5.54 Å². The van der Waals surface area contributed by atoms with Crippen LogP contribution in [-0.4, -0.2) is 34.1 Å². The third-order valence-corrected chi connectivity index (χ3v) is 3.31. The Morgan fingerprint density at radius 2 is 2.29 bits per heavy atom. The summed E-state index contributed by atoms with van der Waals surface area (Å²) in [5.41, 5.74) is -0.187. The van der Waals surface area contributed by atoms with Gasteiger partial charge >= 0.3 is 0 Å². The molecule has 3 N–H and O–H groups in total.